The summed E-state index contributed by atoms with van der Waals surface area (Å²) >= 11 is 0. The summed E-state index contributed by atoms with van der Waals surface area (Å²) < 4.78 is 50.7. The maximum Gasteiger partial charge on any atom is 0.159 e. The fourth-order valence-electron chi connectivity index (χ4n) is 2.77. The Labute approximate surface area is 184 Å². The van der Waals surface area contributed by atoms with Crippen LogP contribution in [0.25, 0.3) is 0 Å². The molecule has 0 bridgehead atoms. The molecule has 0 N–H and O–H groups in total. The van der Waals surface area contributed by atoms with Gasteiger partial charge >= 0.3 is 0 Å². The Morgan fingerprint density at radius 2 is 0.968 bits per heavy atom. The zero-order valence-electron chi connectivity index (χ0n) is 19.1. The third-order valence-electron chi connectivity index (χ3n) is 4.65. The van der Waals surface area contributed by atoms with E-state index in [4.69, 9.17) is 0 Å². The molecule has 0 atom stereocenters. The monoisotopic (exact) mass is 432 g/mol. The van der Waals surface area contributed by atoms with Crippen LogP contribution in [0.1, 0.15) is 76.0 Å². The molecule has 3 aromatic rings. The van der Waals surface area contributed by atoms with Gasteiger partial charge in [0.15, 0.2) is 11.6 Å². The van der Waals surface area contributed by atoms with Crippen molar-refractivity contribution in [3.05, 3.63) is 107 Å². The van der Waals surface area contributed by atoms with Crippen LogP contribution in [0.3, 0.4) is 0 Å². The first-order chi connectivity index (χ1) is 14.5. The molecule has 31 heavy (non-hydrogen) atoms. The molecule has 0 unspecified atom stereocenters. The molecule has 0 fully saturated rings. The number of hydrogen-bond donors (Lipinski definition) is 0. The van der Waals surface area contributed by atoms with Crippen LogP contribution < -0.4 is 0 Å². The van der Waals surface area contributed by atoms with Crippen LogP contribution in [0.15, 0.2) is 66.7 Å². The second kappa shape index (κ2) is 12.9. The number of halogens is 4. The van der Waals surface area contributed by atoms with Crippen molar-refractivity contribution in [1.29, 1.82) is 0 Å². The van der Waals surface area contributed by atoms with Crippen LogP contribution in [0.2, 0.25) is 0 Å². The quantitative estimate of drug-likeness (QED) is 0.362. The molecule has 3 rings (SSSR count). The molecule has 168 valence electrons. The maximum atomic E-state index is 12.9. The first-order valence-electron chi connectivity index (χ1n) is 10.5. The van der Waals surface area contributed by atoms with Crippen LogP contribution >= 0.6 is 0 Å². The molecule has 0 amide bonds. The molecule has 0 saturated carbocycles. The van der Waals surface area contributed by atoms with Gasteiger partial charge in [0.05, 0.1) is 0 Å². The molecule has 0 aliphatic heterocycles. The van der Waals surface area contributed by atoms with Crippen LogP contribution in [0, 0.1) is 23.3 Å². The standard InChI is InChI=1S/2C9H10F2.C9H12/c1-6(2)7-3-4-8(10)9(11)5-7;1-6(2)9-7(10)4-3-5-8(9)11;1-8(2)9-6-4-3-5-7-9/h2*3-6H,1-2H3;3-8H,1-2H3. The van der Waals surface area contributed by atoms with Gasteiger partial charge in [0.25, 0.3) is 0 Å². The lowest BCUT2D eigenvalue weighted by Gasteiger charge is -2.06. The normalized spacial score (nSPS) is 10.5. The second-order valence-electron chi connectivity index (χ2n) is 8.18. The van der Waals surface area contributed by atoms with Gasteiger partial charge < -0.3 is 0 Å². The maximum absolute atomic E-state index is 12.9. The van der Waals surface area contributed by atoms with Gasteiger partial charge in [-0.15, -0.1) is 0 Å². The van der Waals surface area contributed by atoms with Gasteiger partial charge in [-0.1, -0.05) is 84.0 Å². The first kappa shape index (κ1) is 26.4. The topological polar surface area (TPSA) is 0 Å². The van der Waals surface area contributed by atoms with Gasteiger partial charge in [-0.2, -0.15) is 0 Å². The number of benzene rings is 3. The van der Waals surface area contributed by atoms with Gasteiger partial charge in [-0.3, -0.25) is 0 Å². The van der Waals surface area contributed by atoms with Gasteiger partial charge in [-0.05, 0) is 53.1 Å². The van der Waals surface area contributed by atoms with Crippen molar-refractivity contribution in [2.75, 3.05) is 0 Å². The summed E-state index contributed by atoms with van der Waals surface area (Å²) in [5.74, 6) is -1.67. The van der Waals surface area contributed by atoms with E-state index in [0.29, 0.717) is 5.92 Å². The smallest absolute Gasteiger partial charge is 0.159 e. The number of rotatable bonds is 3. The van der Waals surface area contributed by atoms with Crippen LogP contribution in [-0.4, -0.2) is 0 Å². The first-order valence-corrected chi connectivity index (χ1v) is 10.5. The van der Waals surface area contributed by atoms with E-state index >= 15 is 0 Å². The molecule has 4 heteroatoms. The molecular weight excluding hydrogens is 400 g/mol. The van der Waals surface area contributed by atoms with Gasteiger partial charge in [0.1, 0.15) is 11.6 Å². The highest BCUT2D eigenvalue weighted by atomic mass is 19.2. The lowest BCUT2D eigenvalue weighted by molar-refractivity contribution is 0.506. The predicted molar refractivity (Wildman–Crippen MR) is 121 cm³/mol. The average Bonchev–Trinajstić information content (AvgIpc) is 2.71. The Hall–Kier alpha value is -2.62. The fourth-order valence-corrected chi connectivity index (χ4v) is 2.77. The molecule has 0 aromatic heterocycles. The fraction of sp³-hybridized carbons (Fsp3) is 0.333. The van der Waals surface area contributed by atoms with E-state index < -0.39 is 23.3 Å². The van der Waals surface area contributed by atoms with Gasteiger partial charge in [0, 0.05) is 5.56 Å². The van der Waals surface area contributed by atoms with E-state index in [2.05, 4.69) is 38.1 Å². The van der Waals surface area contributed by atoms with Crippen molar-refractivity contribution in [2.45, 2.75) is 59.3 Å². The summed E-state index contributed by atoms with van der Waals surface area (Å²) in [5.41, 5.74) is 2.41. The summed E-state index contributed by atoms with van der Waals surface area (Å²) in [6.07, 6.45) is 0. The SMILES string of the molecule is CC(C)c1c(F)cccc1F.CC(C)c1ccc(F)c(F)c1.CC(C)c1ccccc1. The summed E-state index contributed by atoms with van der Waals surface area (Å²) in [5, 5.41) is 0. The summed E-state index contributed by atoms with van der Waals surface area (Å²) in [7, 11) is 0. The van der Waals surface area contributed by atoms with Crippen LogP contribution in [-0.2, 0) is 0 Å². The molecule has 0 heterocycles. The third kappa shape index (κ3) is 8.95. The molecule has 0 spiro atoms. The molecule has 0 saturated heterocycles. The third-order valence-corrected chi connectivity index (χ3v) is 4.65. The predicted octanol–water partition coefficient (Wildman–Crippen LogP) is 8.99. The van der Waals surface area contributed by atoms with E-state index in [9.17, 15) is 17.6 Å². The number of hydrogen-bond acceptors (Lipinski definition) is 0. The summed E-state index contributed by atoms with van der Waals surface area (Å²) in [4.78, 5) is 0. The van der Waals surface area contributed by atoms with E-state index in [1.165, 1.54) is 29.8 Å². The second-order valence-corrected chi connectivity index (χ2v) is 8.18. The summed E-state index contributed by atoms with van der Waals surface area (Å²) in [6, 6.07) is 18.4. The van der Waals surface area contributed by atoms with Crippen molar-refractivity contribution in [2.24, 2.45) is 0 Å². The minimum absolute atomic E-state index is 0.101. The van der Waals surface area contributed by atoms with Crippen molar-refractivity contribution >= 4 is 0 Å². The lowest BCUT2D eigenvalue weighted by Crippen LogP contribution is -1.96. The highest BCUT2D eigenvalue weighted by molar-refractivity contribution is 5.22. The van der Waals surface area contributed by atoms with Crippen molar-refractivity contribution in [1.82, 2.24) is 0 Å². The van der Waals surface area contributed by atoms with Crippen LogP contribution in [0.5, 0.6) is 0 Å². The van der Waals surface area contributed by atoms with Crippen LogP contribution in [0.4, 0.5) is 17.6 Å². The Morgan fingerprint density at radius 1 is 0.452 bits per heavy atom. The van der Waals surface area contributed by atoms with Gasteiger partial charge in [0.2, 0.25) is 0 Å². The molecule has 0 aliphatic rings. The largest absolute Gasteiger partial charge is 0.207 e. The summed E-state index contributed by atoms with van der Waals surface area (Å²) in [6.45, 7) is 11.8. The molecular formula is C27H32F4. The van der Waals surface area contributed by atoms with Gasteiger partial charge in [-0.25, -0.2) is 17.6 Å². The van der Waals surface area contributed by atoms with E-state index in [1.807, 2.05) is 19.9 Å². The van der Waals surface area contributed by atoms with E-state index in [0.717, 1.165) is 11.6 Å². The van der Waals surface area contributed by atoms with E-state index in [1.54, 1.807) is 19.9 Å². The zero-order valence-corrected chi connectivity index (χ0v) is 19.1. The van der Waals surface area contributed by atoms with E-state index in [-0.39, 0.29) is 17.4 Å². The van der Waals surface area contributed by atoms with Crippen molar-refractivity contribution < 1.29 is 17.6 Å². The Balaban J connectivity index is 0.000000234. The zero-order chi connectivity index (χ0) is 23.6. The molecule has 0 nitrogen and oxygen atoms in total. The highest BCUT2D eigenvalue weighted by Gasteiger charge is 2.10. The Kier molecular flexibility index (Phi) is 11.0. The highest BCUT2D eigenvalue weighted by Crippen LogP contribution is 2.21. The molecule has 0 aliphatic carbocycles. The average molecular weight is 433 g/mol. The molecule has 3 aromatic carbocycles. The minimum Gasteiger partial charge on any atom is -0.207 e. The van der Waals surface area contributed by atoms with Crippen molar-refractivity contribution in [3.8, 4) is 0 Å². The molecule has 0 radical (unpaired) electrons. The Bertz CT molecular complexity index is 896. The lowest BCUT2D eigenvalue weighted by atomic mass is 10.0. The Morgan fingerprint density at radius 3 is 1.32 bits per heavy atom. The minimum atomic E-state index is -0.783. The van der Waals surface area contributed by atoms with Crippen molar-refractivity contribution in [3.63, 3.8) is 0 Å².